The van der Waals surface area contributed by atoms with Gasteiger partial charge in [0.05, 0.1) is 0 Å². The standard InChI is InChI=1S/C19H31N/c1-15(19(2,3)4)20-18(16-11-7-5-8-12-16)17-13-9-6-10-14-17/h5,7-8,11-12,15,17-18,20H,6,9-10,13-14H2,1-4H3. The molecule has 20 heavy (non-hydrogen) atoms. The molecule has 1 N–H and O–H groups in total. The van der Waals surface area contributed by atoms with Crippen LogP contribution in [0.5, 0.6) is 0 Å². The van der Waals surface area contributed by atoms with E-state index in [9.17, 15) is 0 Å². The topological polar surface area (TPSA) is 12.0 Å². The van der Waals surface area contributed by atoms with Gasteiger partial charge in [-0.05, 0) is 36.7 Å². The average molecular weight is 273 g/mol. The fourth-order valence-corrected chi connectivity index (χ4v) is 3.15. The molecule has 112 valence electrons. The molecule has 0 saturated heterocycles. The van der Waals surface area contributed by atoms with Gasteiger partial charge < -0.3 is 5.32 Å². The van der Waals surface area contributed by atoms with E-state index in [4.69, 9.17) is 0 Å². The zero-order valence-electron chi connectivity index (χ0n) is 13.7. The summed E-state index contributed by atoms with van der Waals surface area (Å²) in [6, 6.07) is 12.1. The van der Waals surface area contributed by atoms with Gasteiger partial charge in [-0.2, -0.15) is 0 Å². The molecule has 1 nitrogen and oxygen atoms in total. The second-order valence-corrected chi connectivity index (χ2v) is 7.54. The van der Waals surface area contributed by atoms with E-state index in [1.807, 2.05) is 0 Å². The van der Waals surface area contributed by atoms with Gasteiger partial charge in [-0.15, -0.1) is 0 Å². The lowest BCUT2D eigenvalue weighted by Gasteiger charge is -2.37. The summed E-state index contributed by atoms with van der Waals surface area (Å²) in [6.45, 7) is 9.31. The van der Waals surface area contributed by atoms with Gasteiger partial charge in [0, 0.05) is 12.1 Å². The fourth-order valence-electron chi connectivity index (χ4n) is 3.15. The van der Waals surface area contributed by atoms with E-state index in [0.29, 0.717) is 17.5 Å². The van der Waals surface area contributed by atoms with Gasteiger partial charge in [0.2, 0.25) is 0 Å². The first kappa shape index (κ1) is 15.6. The maximum atomic E-state index is 3.94. The Morgan fingerprint density at radius 1 is 1.00 bits per heavy atom. The maximum absolute atomic E-state index is 3.94. The van der Waals surface area contributed by atoms with Crippen LogP contribution in [0.25, 0.3) is 0 Å². The molecular formula is C19H31N. The van der Waals surface area contributed by atoms with Crippen LogP contribution in [0.3, 0.4) is 0 Å². The first-order valence-corrected chi connectivity index (χ1v) is 8.29. The smallest absolute Gasteiger partial charge is 0.0351 e. The van der Waals surface area contributed by atoms with Gasteiger partial charge >= 0.3 is 0 Å². The third kappa shape index (κ3) is 4.09. The van der Waals surface area contributed by atoms with Crippen molar-refractivity contribution in [3.05, 3.63) is 35.9 Å². The number of hydrogen-bond donors (Lipinski definition) is 1. The molecule has 0 aliphatic heterocycles. The quantitative estimate of drug-likeness (QED) is 0.781. The van der Waals surface area contributed by atoms with Crippen molar-refractivity contribution >= 4 is 0 Å². The molecule has 1 aromatic carbocycles. The Balaban J connectivity index is 2.15. The molecule has 0 bridgehead atoms. The molecule has 1 aromatic rings. The van der Waals surface area contributed by atoms with E-state index in [1.54, 1.807) is 0 Å². The van der Waals surface area contributed by atoms with E-state index in [2.05, 4.69) is 63.3 Å². The van der Waals surface area contributed by atoms with Crippen molar-refractivity contribution in [1.82, 2.24) is 5.32 Å². The molecule has 1 saturated carbocycles. The molecule has 2 rings (SSSR count). The van der Waals surface area contributed by atoms with Crippen LogP contribution < -0.4 is 5.32 Å². The molecule has 0 amide bonds. The van der Waals surface area contributed by atoms with E-state index in [1.165, 1.54) is 37.7 Å². The molecule has 2 atom stereocenters. The molecule has 1 heteroatoms. The van der Waals surface area contributed by atoms with Crippen molar-refractivity contribution in [1.29, 1.82) is 0 Å². The predicted octanol–water partition coefficient (Wildman–Crippen LogP) is 5.33. The third-order valence-corrected chi connectivity index (χ3v) is 5.01. The van der Waals surface area contributed by atoms with Crippen LogP contribution in [0.15, 0.2) is 30.3 Å². The summed E-state index contributed by atoms with van der Waals surface area (Å²) in [5, 5.41) is 3.94. The molecule has 2 unspecified atom stereocenters. The summed E-state index contributed by atoms with van der Waals surface area (Å²) in [5.41, 5.74) is 1.78. The monoisotopic (exact) mass is 273 g/mol. The minimum Gasteiger partial charge on any atom is -0.307 e. The Hall–Kier alpha value is -0.820. The van der Waals surface area contributed by atoms with Crippen molar-refractivity contribution in [2.24, 2.45) is 11.3 Å². The summed E-state index contributed by atoms with van der Waals surface area (Å²) in [6.07, 6.45) is 6.98. The van der Waals surface area contributed by atoms with Gasteiger partial charge in [0.15, 0.2) is 0 Å². The highest BCUT2D eigenvalue weighted by atomic mass is 15.0. The van der Waals surface area contributed by atoms with E-state index < -0.39 is 0 Å². The molecule has 1 aliphatic carbocycles. The molecular weight excluding hydrogens is 242 g/mol. The number of benzene rings is 1. The van der Waals surface area contributed by atoms with E-state index in [-0.39, 0.29) is 0 Å². The highest BCUT2D eigenvalue weighted by molar-refractivity contribution is 5.20. The first-order chi connectivity index (χ1) is 9.48. The normalized spacial score (nSPS) is 20.6. The van der Waals surface area contributed by atoms with E-state index >= 15 is 0 Å². The average Bonchev–Trinajstić information content (AvgIpc) is 2.45. The molecule has 1 fully saturated rings. The van der Waals surface area contributed by atoms with Crippen LogP contribution in [0, 0.1) is 11.3 Å². The first-order valence-electron chi connectivity index (χ1n) is 8.29. The zero-order valence-corrected chi connectivity index (χ0v) is 13.7. The van der Waals surface area contributed by atoms with Gasteiger partial charge in [0.1, 0.15) is 0 Å². The zero-order chi connectivity index (χ0) is 14.6. The van der Waals surface area contributed by atoms with E-state index in [0.717, 1.165) is 5.92 Å². The Morgan fingerprint density at radius 2 is 1.60 bits per heavy atom. The summed E-state index contributed by atoms with van der Waals surface area (Å²) in [5.74, 6) is 0.802. The molecule has 0 spiro atoms. The van der Waals surface area contributed by atoms with Gasteiger partial charge in [0.25, 0.3) is 0 Å². The summed E-state index contributed by atoms with van der Waals surface area (Å²) < 4.78 is 0. The second kappa shape index (κ2) is 6.76. The Bertz CT molecular complexity index is 384. The van der Waals surface area contributed by atoms with Crippen LogP contribution in [0.2, 0.25) is 0 Å². The van der Waals surface area contributed by atoms with Crippen LogP contribution in [0.1, 0.15) is 71.4 Å². The molecule has 0 heterocycles. The van der Waals surface area contributed by atoms with Crippen molar-refractivity contribution in [3.8, 4) is 0 Å². The molecule has 1 aliphatic rings. The Kier molecular flexibility index (Phi) is 5.26. The predicted molar refractivity (Wildman–Crippen MR) is 87.8 cm³/mol. The van der Waals surface area contributed by atoms with Crippen LogP contribution in [-0.2, 0) is 0 Å². The van der Waals surface area contributed by atoms with Gasteiger partial charge in [-0.3, -0.25) is 0 Å². The van der Waals surface area contributed by atoms with Crippen LogP contribution in [0.4, 0.5) is 0 Å². The lowest BCUT2D eigenvalue weighted by atomic mass is 9.79. The number of hydrogen-bond acceptors (Lipinski definition) is 1. The third-order valence-electron chi connectivity index (χ3n) is 5.01. The lowest BCUT2D eigenvalue weighted by Crippen LogP contribution is -2.42. The van der Waals surface area contributed by atoms with Crippen LogP contribution >= 0.6 is 0 Å². The Morgan fingerprint density at radius 3 is 2.15 bits per heavy atom. The van der Waals surface area contributed by atoms with Gasteiger partial charge in [-0.1, -0.05) is 70.4 Å². The summed E-state index contributed by atoms with van der Waals surface area (Å²) in [7, 11) is 0. The SMILES string of the molecule is CC(NC(c1ccccc1)C1CCCCC1)C(C)(C)C. The van der Waals surface area contributed by atoms with Crippen molar-refractivity contribution in [3.63, 3.8) is 0 Å². The molecule has 0 radical (unpaired) electrons. The second-order valence-electron chi connectivity index (χ2n) is 7.54. The minimum absolute atomic E-state index is 0.307. The minimum atomic E-state index is 0.307. The fraction of sp³-hybridized carbons (Fsp3) is 0.684. The lowest BCUT2D eigenvalue weighted by molar-refractivity contribution is 0.203. The van der Waals surface area contributed by atoms with Crippen LogP contribution in [-0.4, -0.2) is 6.04 Å². The highest BCUT2D eigenvalue weighted by Crippen LogP contribution is 2.36. The number of rotatable bonds is 4. The summed E-state index contributed by atoms with van der Waals surface area (Å²) in [4.78, 5) is 0. The van der Waals surface area contributed by atoms with Crippen molar-refractivity contribution in [2.75, 3.05) is 0 Å². The van der Waals surface area contributed by atoms with Crippen molar-refractivity contribution < 1.29 is 0 Å². The number of nitrogens with one attached hydrogen (secondary N) is 1. The van der Waals surface area contributed by atoms with Crippen molar-refractivity contribution in [2.45, 2.75) is 71.9 Å². The largest absolute Gasteiger partial charge is 0.307 e. The van der Waals surface area contributed by atoms with Gasteiger partial charge in [-0.25, -0.2) is 0 Å². The maximum Gasteiger partial charge on any atom is 0.0351 e. The Labute approximate surface area is 125 Å². The molecule has 0 aromatic heterocycles. The summed E-state index contributed by atoms with van der Waals surface area (Å²) >= 11 is 0. The highest BCUT2D eigenvalue weighted by Gasteiger charge is 2.29.